The number of carboxylic acid groups (broad SMARTS) is 1. The molecule has 6 nitrogen and oxygen atoms in total. The zero-order valence-corrected chi connectivity index (χ0v) is 22.6. The maximum Gasteiger partial charge on any atom is 0.335 e. The van der Waals surface area contributed by atoms with E-state index in [9.17, 15) is 19.1 Å². The van der Waals surface area contributed by atoms with Gasteiger partial charge in [-0.05, 0) is 89.1 Å². The van der Waals surface area contributed by atoms with Crippen molar-refractivity contribution in [1.82, 2.24) is 9.47 Å². The maximum absolute atomic E-state index is 13.7. The third-order valence-corrected chi connectivity index (χ3v) is 7.75. The van der Waals surface area contributed by atoms with Crippen LogP contribution in [0.5, 0.6) is 0 Å². The van der Waals surface area contributed by atoms with Gasteiger partial charge in [0.25, 0.3) is 5.91 Å². The third-order valence-electron chi connectivity index (χ3n) is 6.75. The van der Waals surface area contributed by atoms with E-state index in [-0.39, 0.29) is 23.8 Å². The second-order valence-electron chi connectivity index (χ2n) is 9.63. The first-order valence-corrected chi connectivity index (χ1v) is 13.8. The summed E-state index contributed by atoms with van der Waals surface area (Å²) in [6.45, 7) is 0.814. The number of para-hydroxylation sites is 1. The minimum Gasteiger partial charge on any atom is -0.478 e. The molecule has 1 aromatic heterocycles. The SMILES string of the molecule is O=C(O)c1ccc(CN2C(=O)/C(=C\c3ccc4c(ccn4Cc4cccc(F)c4)c3)SC2=Nc2ccccc2)cc1. The van der Waals surface area contributed by atoms with Crippen molar-refractivity contribution >= 4 is 51.5 Å². The average molecular weight is 562 g/mol. The number of aliphatic imine (C=N–C) groups is 1. The van der Waals surface area contributed by atoms with Crippen molar-refractivity contribution in [3.8, 4) is 0 Å². The van der Waals surface area contributed by atoms with Gasteiger partial charge < -0.3 is 9.67 Å². The van der Waals surface area contributed by atoms with Gasteiger partial charge in [-0.2, -0.15) is 0 Å². The number of halogens is 1. The molecule has 1 N–H and O–H groups in total. The first-order valence-electron chi connectivity index (χ1n) is 12.9. The van der Waals surface area contributed by atoms with Gasteiger partial charge in [-0.3, -0.25) is 9.69 Å². The van der Waals surface area contributed by atoms with Gasteiger partial charge in [-0.25, -0.2) is 14.2 Å². The van der Waals surface area contributed by atoms with Crippen LogP contribution in [0.4, 0.5) is 10.1 Å². The van der Waals surface area contributed by atoms with Gasteiger partial charge in [0.05, 0.1) is 22.7 Å². The molecule has 1 aliphatic heterocycles. The lowest BCUT2D eigenvalue weighted by Crippen LogP contribution is -2.28. The van der Waals surface area contributed by atoms with Crippen molar-refractivity contribution < 1.29 is 19.1 Å². The molecule has 6 rings (SSSR count). The van der Waals surface area contributed by atoms with E-state index in [1.54, 1.807) is 23.1 Å². The molecule has 0 aliphatic carbocycles. The van der Waals surface area contributed by atoms with Crippen LogP contribution in [0.2, 0.25) is 0 Å². The molecule has 0 spiro atoms. The van der Waals surface area contributed by atoms with Crippen LogP contribution in [0, 0.1) is 5.82 Å². The molecule has 0 atom stereocenters. The molecular weight excluding hydrogens is 537 g/mol. The molecule has 0 unspecified atom stereocenters. The zero-order chi connectivity index (χ0) is 28.3. The standard InChI is InChI=1S/C33H24FN3O3S/c34-27-6-4-5-24(18-27)20-36-16-15-26-17-23(11-14-29(26)36)19-30-31(38)37(21-22-9-12-25(13-10-22)32(39)40)33(41-30)35-28-7-2-1-3-8-28/h1-19H,20-21H2,(H,39,40)/b30-19+,35-33?. The number of aromatic nitrogens is 1. The van der Waals surface area contributed by atoms with Crippen molar-refractivity contribution in [3.05, 3.63) is 142 Å². The third kappa shape index (κ3) is 5.83. The van der Waals surface area contributed by atoms with Gasteiger partial charge in [-0.1, -0.05) is 48.5 Å². The van der Waals surface area contributed by atoms with Crippen LogP contribution in [0.25, 0.3) is 17.0 Å². The molecule has 2 heterocycles. The molecule has 1 saturated heterocycles. The normalized spacial score (nSPS) is 15.3. The van der Waals surface area contributed by atoms with Gasteiger partial charge in [0, 0.05) is 23.6 Å². The fourth-order valence-electron chi connectivity index (χ4n) is 4.71. The first kappa shape index (κ1) is 26.3. The number of amidine groups is 1. The number of carboxylic acids is 1. The fourth-order valence-corrected chi connectivity index (χ4v) is 5.71. The van der Waals surface area contributed by atoms with E-state index in [1.165, 1.54) is 36.0 Å². The number of benzene rings is 4. The predicted octanol–water partition coefficient (Wildman–Crippen LogP) is 7.33. The summed E-state index contributed by atoms with van der Waals surface area (Å²) in [6, 6.07) is 30.5. The average Bonchev–Trinajstić information content (AvgIpc) is 3.49. The Balaban J connectivity index is 1.29. The van der Waals surface area contributed by atoms with Crippen LogP contribution in [0.15, 0.2) is 119 Å². The number of hydrogen-bond acceptors (Lipinski definition) is 4. The number of rotatable bonds is 7. The van der Waals surface area contributed by atoms with Crippen LogP contribution in [0.1, 0.15) is 27.0 Å². The summed E-state index contributed by atoms with van der Waals surface area (Å²) in [5, 5.41) is 10.8. The number of carbonyl (C=O) groups is 2. The maximum atomic E-state index is 13.7. The molecule has 0 radical (unpaired) electrons. The summed E-state index contributed by atoms with van der Waals surface area (Å²) in [4.78, 5) is 31.8. The van der Waals surface area contributed by atoms with Crippen LogP contribution in [-0.4, -0.2) is 31.6 Å². The van der Waals surface area contributed by atoms with Crippen molar-refractivity contribution in [2.24, 2.45) is 4.99 Å². The Labute approximate surface area is 240 Å². The van der Waals surface area contributed by atoms with E-state index in [0.29, 0.717) is 16.6 Å². The van der Waals surface area contributed by atoms with E-state index >= 15 is 0 Å². The van der Waals surface area contributed by atoms with Crippen molar-refractivity contribution in [2.75, 3.05) is 0 Å². The molecule has 202 valence electrons. The van der Waals surface area contributed by atoms with Gasteiger partial charge in [0.2, 0.25) is 0 Å². The van der Waals surface area contributed by atoms with Crippen LogP contribution < -0.4 is 0 Å². The van der Waals surface area contributed by atoms with E-state index in [1.807, 2.05) is 72.9 Å². The van der Waals surface area contributed by atoms with Crippen molar-refractivity contribution in [3.63, 3.8) is 0 Å². The zero-order valence-electron chi connectivity index (χ0n) is 21.8. The van der Waals surface area contributed by atoms with Gasteiger partial charge in [0.15, 0.2) is 5.17 Å². The highest BCUT2D eigenvalue weighted by molar-refractivity contribution is 8.18. The second kappa shape index (κ2) is 11.3. The Kier molecular flexibility index (Phi) is 7.22. The number of carbonyl (C=O) groups excluding carboxylic acids is 1. The number of amides is 1. The first-order chi connectivity index (χ1) is 19.9. The molecule has 41 heavy (non-hydrogen) atoms. The molecule has 1 amide bonds. The quantitative estimate of drug-likeness (QED) is 0.211. The molecular formula is C33H24FN3O3S. The van der Waals surface area contributed by atoms with E-state index in [4.69, 9.17) is 4.99 Å². The molecule has 0 bridgehead atoms. The number of thioether (sulfide) groups is 1. The highest BCUT2D eigenvalue weighted by Crippen LogP contribution is 2.35. The lowest BCUT2D eigenvalue weighted by atomic mass is 10.1. The topological polar surface area (TPSA) is 74.9 Å². The molecule has 1 aliphatic rings. The van der Waals surface area contributed by atoms with Crippen LogP contribution in [-0.2, 0) is 17.9 Å². The lowest BCUT2D eigenvalue weighted by molar-refractivity contribution is -0.122. The molecule has 4 aromatic carbocycles. The smallest absolute Gasteiger partial charge is 0.335 e. The van der Waals surface area contributed by atoms with E-state index < -0.39 is 5.97 Å². The number of fused-ring (bicyclic) bond motifs is 1. The summed E-state index contributed by atoms with van der Waals surface area (Å²) >= 11 is 1.31. The van der Waals surface area contributed by atoms with Crippen LogP contribution in [0.3, 0.4) is 0 Å². The summed E-state index contributed by atoms with van der Waals surface area (Å²) in [6.07, 6.45) is 3.84. The Morgan fingerprint density at radius 2 is 1.68 bits per heavy atom. The molecule has 8 heteroatoms. The highest BCUT2D eigenvalue weighted by atomic mass is 32.2. The number of hydrogen-bond donors (Lipinski definition) is 1. The number of aromatic carboxylic acids is 1. The van der Waals surface area contributed by atoms with Gasteiger partial charge in [0.1, 0.15) is 5.82 Å². The fraction of sp³-hybridized carbons (Fsp3) is 0.0606. The monoisotopic (exact) mass is 561 g/mol. The Bertz CT molecular complexity index is 1830. The van der Waals surface area contributed by atoms with E-state index in [0.717, 1.165) is 33.3 Å². The predicted molar refractivity (Wildman–Crippen MR) is 160 cm³/mol. The van der Waals surface area contributed by atoms with Gasteiger partial charge >= 0.3 is 5.97 Å². The summed E-state index contributed by atoms with van der Waals surface area (Å²) < 4.78 is 15.7. The Morgan fingerprint density at radius 1 is 0.878 bits per heavy atom. The van der Waals surface area contributed by atoms with Crippen LogP contribution >= 0.6 is 11.8 Å². The minimum absolute atomic E-state index is 0.171. The van der Waals surface area contributed by atoms with E-state index in [2.05, 4.69) is 4.57 Å². The molecule has 1 fully saturated rings. The van der Waals surface area contributed by atoms with Crippen molar-refractivity contribution in [1.29, 1.82) is 0 Å². The lowest BCUT2D eigenvalue weighted by Gasteiger charge is -2.16. The number of nitrogens with zero attached hydrogens (tertiary/aromatic N) is 3. The Morgan fingerprint density at radius 3 is 2.44 bits per heavy atom. The minimum atomic E-state index is -0.998. The van der Waals surface area contributed by atoms with Crippen molar-refractivity contribution in [2.45, 2.75) is 13.1 Å². The summed E-state index contributed by atoms with van der Waals surface area (Å²) in [5.41, 5.74) is 4.49. The summed E-state index contributed by atoms with van der Waals surface area (Å²) in [5.74, 6) is -1.42. The summed E-state index contributed by atoms with van der Waals surface area (Å²) in [7, 11) is 0. The largest absolute Gasteiger partial charge is 0.478 e. The van der Waals surface area contributed by atoms with Gasteiger partial charge in [-0.15, -0.1) is 0 Å². The Hall–Kier alpha value is -4.95. The molecule has 0 saturated carbocycles. The second-order valence-corrected chi connectivity index (χ2v) is 10.6. The highest BCUT2D eigenvalue weighted by Gasteiger charge is 2.33. The molecule has 5 aromatic rings.